The number of carbonyl (C=O) groups excluding carboxylic acids is 4. The number of anilines is 6. The summed E-state index contributed by atoms with van der Waals surface area (Å²) in [5.41, 5.74) is 4.34. The lowest BCUT2D eigenvalue weighted by atomic mass is 9.92. The first kappa shape index (κ1) is 44.2. The van der Waals surface area contributed by atoms with Gasteiger partial charge in [-0.15, -0.1) is 0 Å². The zero-order valence-corrected chi connectivity index (χ0v) is 39.0. The van der Waals surface area contributed by atoms with Crippen LogP contribution in [0.4, 0.5) is 38.9 Å². The number of nitrogens with one attached hydrogen (secondary N) is 3. The Balaban J connectivity index is 0.767. The van der Waals surface area contributed by atoms with Crippen molar-refractivity contribution in [1.29, 1.82) is 0 Å². The van der Waals surface area contributed by atoms with E-state index in [0.29, 0.717) is 51.0 Å². The van der Waals surface area contributed by atoms with Crippen molar-refractivity contribution >= 4 is 122 Å². The molecule has 3 aromatic carbocycles. The number of benzene rings is 3. The van der Waals surface area contributed by atoms with Gasteiger partial charge in [-0.2, -0.15) is 4.98 Å². The summed E-state index contributed by atoms with van der Waals surface area (Å²) in [7, 11) is -0.527. The van der Waals surface area contributed by atoms with Gasteiger partial charge in [-0.05, 0) is 104 Å². The highest BCUT2D eigenvalue weighted by Crippen LogP contribution is 2.39. The second-order valence-electron chi connectivity index (χ2n) is 16.5. The number of fused-ring (bicyclic) bond motifs is 2. The number of hydrogen-bond acceptors (Lipinski definition) is 13. The predicted molar refractivity (Wildman–Crippen MR) is 252 cm³/mol. The summed E-state index contributed by atoms with van der Waals surface area (Å²) >= 11 is 17.4. The number of imide groups is 2. The Morgan fingerprint density at radius 1 is 0.828 bits per heavy atom. The average molecular weight is 992 g/mol. The van der Waals surface area contributed by atoms with Crippen LogP contribution in [0.3, 0.4) is 0 Å². The largest absolute Gasteiger partial charge is 0.369 e. The monoisotopic (exact) mass is 989 g/mol. The molecule has 0 saturated carbocycles. The van der Waals surface area contributed by atoms with Gasteiger partial charge in [-0.1, -0.05) is 31.1 Å². The van der Waals surface area contributed by atoms with E-state index in [4.69, 9.17) is 28.2 Å². The van der Waals surface area contributed by atoms with Gasteiger partial charge in [0.2, 0.25) is 17.8 Å². The smallest absolute Gasteiger partial charge is 0.262 e. The SMILES string of the molecule is CP(C)c1c(Nc2nc(Nc3cc(Cl)c(N4CCN(CCC5CCN(c6cc7c(cc6F)C(=O)N(C6CCC(=O)NC6=O)C7=O)CC5)CC4)cc3Cl)ncc2Br)ccc2nccnc12. The molecule has 0 bridgehead atoms. The standard InChI is InChI=1S/C44H44BrCl2FN11O4P/c1-64(2)39-32(4-3-31-38(39)50-11-10-49-31)52-40-27(45)23-51-44(55-40)53-33-21-29(47)35(22-28(33)46)58-17-15-56(16-18-58)12-7-24-8-13-57(14-9-24)36-20-26-25(19-30(36)48)42(62)59(43(26)63)34-5-6-37(60)54-41(34)61/h3-4,10-11,19-24,34H,5-9,12-18H2,1-2H3,(H,54,60,61)(H2,51,52,53,55). The zero-order chi connectivity index (χ0) is 44.8. The second-order valence-corrected chi connectivity index (χ2v) is 20.5. The van der Waals surface area contributed by atoms with Gasteiger partial charge in [-0.25, -0.2) is 9.37 Å². The van der Waals surface area contributed by atoms with Gasteiger partial charge in [0.25, 0.3) is 11.8 Å². The molecule has 6 heterocycles. The van der Waals surface area contributed by atoms with E-state index in [1.165, 1.54) is 6.07 Å². The number of halogens is 4. The quantitative estimate of drug-likeness (QED) is 0.0891. The lowest BCUT2D eigenvalue weighted by Gasteiger charge is -2.38. The minimum absolute atomic E-state index is 0.0172. The van der Waals surface area contributed by atoms with Gasteiger partial charge in [0, 0.05) is 75.3 Å². The highest BCUT2D eigenvalue weighted by molar-refractivity contribution is 9.10. The first-order valence-electron chi connectivity index (χ1n) is 21.1. The van der Waals surface area contributed by atoms with E-state index >= 15 is 4.39 Å². The maximum atomic E-state index is 15.5. The molecular weight excluding hydrogens is 947 g/mol. The van der Waals surface area contributed by atoms with Crippen LogP contribution in [0.2, 0.25) is 10.0 Å². The zero-order valence-electron chi connectivity index (χ0n) is 35.0. The van der Waals surface area contributed by atoms with E-state index in [0.717, 1.165) is 90.7 Å². The molecule has 4 aliphatic heterocycles. The summed E-state index contributed by atoms with van der Waals surface area (Å²) in [6.45, 7) is 9.82. The van der Waals surface area contributed by atoms with E-state index in [1.54, 1.807) is 24.7 Å². The van der Waals surface area contributed by atoms with Gasteiger partial charge in [0.1, 0.15) is 17.7 Å². The number of carbonyl (C=O) groups is 4. The third-order valence-corrected chi connectivity index (χ3v) is 14.9. The van der Waals surface area contributed by atoms with Crippen LogP contribution in [0.5, 0.6) is 0 Å². The third-order valence-electron chi connectivity index (χ3n) is 12.4. The van der Waals surface area contributed by atoms with Crippen LogP contribution in [-0.4, -0.2) is 119 Å². The second kappa shape index (κ2) is 18.4. The summed E-state index contributed by atoms with van der Waals surface area (Å²) in [4.78, 5) is 76.4. The van der Waals surface area contributed by atoms with Crippen LogP contribution in [0, 0.1) is 11.7 Å². The number of piperazine rings is 1. The molecule has 15 nitrogen and oxygen atoms in total. The molecule has 1 atom stereocenters. The number of aromatic nitrogens is 4. The molecule has 3 saturated heterocycles. The van der Waals surface area contributed by atoms with Crippen molar-refractivity contribution in [2.75, 3.05) is 79.6 Å². The van der Waals surface area contributed by atoms with Crippen LogP contribution in [-0.2, 0) is 9.59 Å². The molecule has 0 aliphatic carbocycles. The van der Waals surface area contributed by atoms with Crippen molar-refractivity contribution in [3.8, 4) is 0 Å². The summed E-state index contributed by atoms with van der Waals surface area (Å²) in [5, 5.41) is 11.1. The fraction of sp³-hybridized carbons (Fsp3) is 0.364. The van der Waals surface area contributed by atoms with Crippen molar-refractivity contribution in [3.05, 3.63) is 86.5 Å². The molecule has 5 aromatic rings. The number of nitrogens with zero attached hydrogens (tertiary/aromatic N) is 8. The van der Waals surface area contributed by atoms with Crippen LogP contribution < -0.4 is 31.1 Å². The van der Waals surface area contributed by atoms with Crippen molar-refractivity contribution in [3.63, 3.8) is 0 Å². The van der Waals surface area contributed by atoms with Gasteiger partial charge in [0.15, 0.2) is 0 Å². The van der Waals surface area contributed by atoms with Crippen molar-refractivity contribution < 1.29 is 23.6 Å². The summed E-state index contributed by atoms with van der Waals surface area (Å²) in [6, 6.07) is 9.08. The highest BCUT2D eigenvalue weighted by atomic mass is 79.9. The Labute approximate surface area is 388 Å². The molecule has 3 N–H and O–H groups in total. The van der Waals surface area contributed by atoms with Crippen LogP contribution in [0.25, 0.3) is 11.0 Å². The van der Waals surface area contributed by atoms with Crippen LogP contribution in [0.15, 0.2) is 59.5 Å². The topological polar surface area (TPSA) is 169 Å². The van der Waals surface area contributed by atoms with E-state index < -0.39 is 43.4 Å². The van der Waals surface area contributed by atoms with Gasteiger partial charge in [-0.3, -0.25) is 44.3 Å². The molecule has 64 heavy (non-hydrogen) atoms. The first-order chi connectivity index (χ1) is 30.8. The number of hydrogen-bond donors (Lipinski definition) is 3. The summed E-state index contributed by atoms with van der Waals surface area (Å²) in [5.74, 6) is -1.71. The molecular formula is C44H44BrCl2FN11O4P. The van der Waals surface area contributed by atoms with Crippen LogP contribution in [0.1, 0.15) is 52.8 Å². The highest BCUT2D eigenvalue weighted by Gasteiger charge is 2.45. The minimum Gasteiger partial charge on any atom is -0.369 e. The normalized spacial score (nSPS) is 18.6. The van der Waals surface area contributed by atoms with Crippen molar-refractivity contribution in [2.24, 2.45) is 5.92 Å². The maximum absolute atomic E-state index is 15.5. The maximum Gasteiger partial charge on any atom is 0.262 e. The summed E-state index contributed by atoms with van der Waals surface area (Å²) in [6.07, 6.45) is 7.88. The lowest BCUT2D eigenvalue weighted by Crippen LogP contribution is -2.54. The average Bonchev–Trinajstić information content (AvgIpc) is 3.52. The molecule has 4 aliphatic rings. The fourth-order valence-electron chi connectivity index (χ4n) is 8.97. The molecule has 0 spiro atoms. The molecule has 2 aromatic heterocycles. The molecule has 9 rings (SSSR count). The Kier molecular flexibility index (Phi) is 12.7. The first-order valence-corrected chi connectivity index (χ1v) is 24.9. The Hall–Kier alpha value is -5.06. The molecule has 332 valence electrons. The number of rotatable bonds is 11. The number of piperidine rings is 2. The molecule has 3 fully saturated rings. The van der Waals surface area contributed by atoms with E-state index in [2.05, 4.69) is 70.0 Å². The van der Waals surface area contributed by atoms with Crippen molar-refractivity contribution in [1.82, 2.24) is 35.1 Å². The third kappa shape index (κ3) is 8.84. The Morgan fingerprint density at radius 2 is 1.55 bits per heavy atom. The minimum atomic E-state index is -1.10. The molecule has 4 amide bonds. The van der Waals surface area contributed by atoms with E-state index in [-0.39, 0.29) is 29.7 Å². The van der Waals surface area contributed by atoms with E-state index in [1.807, 2.05) is 23.1 Å². The van der Waals surface area contributed by atoms with Gasteiger partial charge < -0.3 is 20.4 Å². The van der Waals surface area contributed by atoms with Crippen LogP contribution >= 0.6 is 47.1 Å². The van der Waals surface area contributed by atoms with Gasteiger partial charge in [0.05, 0.1) is 53.7 Å². The Morgan fingerprint density at radius 3 is 2.28 bits per heavy atom. The molecule has 1 unspecified atom stereocenters. The fourth-order valence-corrected chi connectivity index (χ4v) is 11.0. The predicted octanol–water partition coefficient (Wildman–Crippen LogP) is 7.31. The lowest BCUT2D eigenvalue weighted by molar-refractivity contribution is -0.136. The molecule has 0 radical (unpaired) electrons. The molecule has 20 heteroatoms. The van der Waals surface area contributed by atoms with Gasteiger partial charge >= 0.3 is 0 Å². The van der Waals surface area contributed by atoms with Crippen molar-refractivity contribution in [2.45, 2.75) is 38.1 Å². The Bertz CT molecular complexity index is 2700. The number of amides is 4. The summed E-state index contributed by atoms with van der Waals surface area (Å²) < 4.78 is 16.2. The van der Waals surface area contributed by atoms with E-state index in [9.17, 15) is 19.2 Å².